The Labute approximate surface area is 98.9 Å². The van der Waals surface area contributed by atoms with Crippen molar-refractivity contribution < 1.29 is 14.7 Å². The summed E-state index contributed by atoms with van der Waals surface area (Å²) >= 11 is 0. The molecule has 1 heterocycles. The molecule has 1 saturated carbocycles. The van der Waals surface area contributed by atoms with E-state index in [0.29, 0.717) is 6.42 Å². The van der Waals surface area contributed by atoms with Crippen molar-refractivity contribution in [3.05, 3.63) is 30.1 Å². The van der Waals surface area contributed by atoms with E-state index in [1.165, 1.54) is 0 Å². The molecule has 0 spiro atoms. The van der Waals surface area contributed by atoms with E-state index >= 15 is 0 Å². The van der Waals surface area contributed by atoms with Crippen molar-refractivity contribution in [1.82, 2.24) is 10.3 Å². The van der Waals surface area contributed by atoms with Crippen LogP contribution in [-0.4, -0.2) is 22.0 Å². The van der Waals surface area contributed by atoms with Crippen LogP contribution in [0.2, 0.25) is 0 Å². The van der Waals surface area contributed by atoms with Crippen molar-refractivity contribution in [2.45, 2.75) is 19.4 Å². The highest BCUT2D eigenvalue weighted by Gasteiger charge is 2.48. The summed E-state index contributed by atoms with van der Waals surface area (Å²) in [6, 6.07) is 3.53. The van der Waals surface area contributed by atoms with Crippen LogP contribution < -0.4 is 5.32 Å². The second-order valence-electron chi connectivity index (χ2n) is 4.30. The Balaban J connectivity index is 1.90. The molecule has 1 aromatic rings. The topological polar surface area (TPSA) is 79.3 Å². The molecule has 5 heteroatoms. The highest BCUT2D eigenvalue weighted by Crippen LogP contribution is 2.39. The zero-order valence-electron chi connectivity index (χ0n) is 9.46. The van der Waals surface area contributed by atoms with E-state index in [1.54, 1.807) is 18.5 Å². The van der Waals surface area contributed by atoms with Gasteiger partial charge in [-0.25, -0.2) is 0 Å². The number of carboxylic acid groups (broad SMARTS) is 1. The van der Waals surface area contributed by atoms with Crippen LogP contribution in [0.4, 0.5) is 0 Å². The Morgan fingerprint density at radius 3 is 2.82 bits per heavy atom. The Morgan fingerprint density at radius 2 is 2.29 bits per heavy atom. The molecular weight excluding hydrogens is 220 g/mol. The molecule has 1 aliphatic rings. The minimum atomic E-state index is -0.890. The lowest BCUT2D eigenvalue weighted by molar-refractivity contribution is -0.140. The fourth-order valence-corrected chi connectivity index (χ4v) is 1.79. The van der Waals surface area contributed by atoms with Gasteiger partial charge in [-0.05, 0) is 25.0 Å². The number of nitrogens with zero attached hydrogens (tertiary/aromatic N) is 1. The average Bonchev–Trinajstić information content (AvgIpc) is 3.10. The molecular formula is C12H14N2O3. The van der Waals surface area contributed by atoms with Gasteiger partial charge < -0.3 is 10.4 Å². The molecule has 90 valence electrons. The molecule has 0 saturated heterocycles. The number of hydrogen-bond donors (Lipinski definition) is 2. The maximum absolute atomic E-state index is 11.7. The fourth-order valence-electron chi connectivity index (χ4n) is 1.79. The second-order valence-corrected chi connectivity index (χ2v) is 4.30. The van der Waals surface area contributed by atoms with Gasteiger partial charge in [0.2, 0.25) is 5.91 Å². The number of carbonyl (C=O) groups is 2. The predicted octanol–water partition coefficient (Wildman–Crippen LogP) is 0.980. The van der Waals surface area contributed by atoms with Crippen LogP contribution in [-0.2, 0) is 9.59 Å². The molecule has 0 aliphatic heterocycles. The first-order valence-corrected chi connectivity index (χ1v) is 5.52. The van der Waals surface area contributed by atoms with E-state index in [0.717, 1.165) is 5.56 Å². The molecule has 0 unspecified atom stereocenters. The van der Waals surface area contributed by atoms with Crippen molar-refractivity contribution >= 4 is 11.9 Å². The van der Waals surface area contributed by atoms with Gasteiger partial charge in [0.1, 0.15) is 0 Å². The normalized spacial score (nSPS) is 23.8. The number of rotatable bonds is 4. The van der Waals surface area contributed by atoms with Crippen LogP contribution in [0.5, 0.6) is 0 Å². The van der Waals surface area contributed by atoms with E-state index in [-0.39, 0.29) is 17.9 Å². The summed E-state index contributed by atoms with van der Waals surface area (Å²) in [5.41, 5.74) is 0.911. The number of hydrogen-bond acceptors (Lipinski definition) is 3. The molecule has 0 radical (unpaired) electrons. The second kappa shape index (κ2) is 4.53. The first-order valence-electron chi connectivity index (χ1n) is 5.52. The van der Waals surface area contributed by atoms with Crippen LogP contribution in [0.1, 0.15) is 24.9 Å². The standard InChI is InChI=1S/C12H14N2O3/c1-7(8-3-2-4-13-6-8)14-11(15)9-5-10(9)12(16)17/h2-4,6-7,9-10H,5H2,1H3,(H,14,15)(H,16,17)/t7-,9-,10+/m1/s1. The summed E-state index contributed by atoms with van der Waals surface area (Å²) in [5.74, 6) is -1.95. The van der Waals surface area contributed by atoms with Crippen molar-refractivity contribution in [2.75, 3.05) is 0 Å². The van der Waals surface area contributed by atoms with Crippen LogP contribution in [0.25, 0.3) is 0 Å². The van der Waals surface area contributed by atoms with Gasteiger partial charge >= 0.3 is 5.97 Å². The van der Waals surface area contributed by atoms with Gasteiger partial charge in [-0.3, -0.25) is 14.6 Å². The maximum atomic E-state index is 11.7. The molecule has 5 nitrogen and oxygen atoms in total. The van der Waals surface area contributed by atoms with E-state index in [4.69, 9.17) is 5.11 Å². The molecule has 3 atom stereocenters. The van der Waals surface area contributed by atoms with Crippen LogP contribution in [0.3, 0.4) is 0 Å². The van der Waals surface area contributed by atoms with Crippen molar-refractivity contribution in [1.29, 1.82) is 0 Å². The number of aromatic nitrogens is 1. The molecule has 2 rings (SSSR count). The number of amides is 1. The monoisotopic (exact) mass is 234 g/mol. The van der Waals surface area contributed by atoms with Crippen LogP contribution in [0, 0.1) is 11.8 Å². The largest absolute Gasteiger partial charge is 0.481 e. The summed E-state index contributed by atoms with van der Waals surface area (Å²) in [6.07, 6.45) is 3.80. The van der Waals surface area contributed by atoms with Crippen molar-refractivity contribution in [3.63, 3.8) is 0 Å². The Kier molecular flexibility index (Phi) is 3.08. The third-order valence-electron chi connectivity index (χ3n) is 2.99. The summed E-state index contributed by atoms with van der Waals surface area (Å²) < 4.78 is 0. The van der Waals surface area contributed by atoms with Gasteiger partial charge in [0.25, 0.3) is 0 Å². The van der Waals surface area contributed by atoms with Crippen molar-refractivity contribution in [3.8, 4) is 0 Å². The predicted molar refractivity (Wildman–Crippen MR) is 60.0 cm³/mol. The number of aliphatic carboxylic acids is 1. The van der Waals surface area contributed by atoms with E-state index in [2.05, 4.69) is 10.3 Å². The Bertz CT molecular complexity index is 433. The van der Waals surface area contributed by atoms with Crippen LogP contribution >= 0.6 is 0 Å². The van der Waals surface area contributed by atoms with Gasteiger partial charge in [0.05, 0.1) is 17.9 Å². The number of carboxylic acids is 1. The summed E-state index contributed by atoms with van der Waals surface area (Å²) in [4.78, 5) is 26.3. The van der Waals surface area contributed by atoms with Gasteiger partial charge in [0, 0.05) is 12.4 Å². The zero-order chi connectivity index (χ0) is 12.4. The van der Waals surface area contributed by atoms with Gasteiger partial charge in [-0.2, -0.15) is 0 Å². The molecule has 0 bridgehead atoms. The quantitative estimate of drug-likeness (QED) is 0.813. The van der Waals surface area contributed by atoms with Gasteiger partial charge in [0.15, 0.2) is 0 Å². The summed E-state index contributed by atoms with van der Waals surface area (Å²) in [7, 11) is 0. The summed E-state index contributed by atoms with van der Waals surface area (Å²) in [5, 5.41) is 11.5. The fraction of sp³-hybridized carbons (Fsp3) is 0.417. The minimum Gasteiger partial charge on any atom is -0.481 e. The third-order valence-corrected chi connectivity index (χ3v) is 2.99. The third kappa shape index (κ3) is 2.61. The number of carbonyl (C=O) groups excluding carboxylic acids is 1. The highest BCUT2D eigenvalue weighted by atomic mass is 16.4. The van der Waals surface area contributed by atoms with Crippen molar-refractivity contribution in [2.24, 2.45) is 11.8 Å². The first kappa shape index (κ1) is 11.6. The lowest BCUT2D eigenvalue weighted by Crippen LogP contribution is -2.29. The molecule has 2 N–H and O–H groups in total. The molecule has 0 aromatic carbocycles. The lowest BCUT2D eigenvalue weighted by atomic mass is 10.1. The van der Waals surface area contributed by atoms with Gasteiger partial charge in [-0.1, -0.05) is 6.07 Å². The van der Waals surface area contributed by atoms with Gasteiger partial charge in [-0.15, -0.1) is 0 Å². The zero-order valence-corrected chi connectivity index (χ0v) is 9.46. The van der Waals surface area contributed by atoms with Crippen LogP contribution in [0.15, 0.2) is 24.5 Å². The molecule has 1 fully saturated rings. The molecule has 1 amide bonds. The number of pyridine rings is 1. The first-order chi connectivity index (χ1) is 8.09. The smallest absolute Gasteiger partial charge is 0.307 e. The van der Waals surface area contributed by atoms with E-state index in [9.17, 15) is 9.59 Å². The molecule has 17 heavy (non-hydrogen) atoms. The van der Waals surface area contributed by atoms with E-state index in [1.807, 2.05) is 13.0 Å². The molecule has 1 aromatic heterocycles. The maximum Gasteiger partial charge on any atom is 0.307 e. The Hall–Kier alpha value is -1.91. The Morgan fingerprint density at radius 1 is 1.53 bits per heavy atom. The average molecular weight is 234 g/mol. The highest BCUT2D eigenvalue weighted by molar-refractivity contribution is 5.89. The lowest BCUT2D eigenvalue weighted by Gasteiger charge is -2.13. The SMILES string of the molecule is C[C@@H](NC(=O)[C@@H]1C[C@@H]1C(=O)O)c1cccnc1. The number of nitrogens with one attached hydrogen (secondary N) is 1. The summed E-state index contributed by atoms with van der Waals surface area (Å²) in [6.45, 7) is 1.85. The van der Waals surface area contributed by atoms with E-state index < -0.39 is 11.9 Å². The molecule has 1 aliphatic carbocycles. The minimum absolute atomic E-state index is 0.147.